The van der Waals surface area contributed by atoms with Crippen LogP contribution < -0.4 is 5.32 Å². The minimum Gasteiger partial charge on any atom is -0.396 e. The number of hydrogen-bond donors (Lipinski definition) is 2. The molecule has 2 rings (SSSR count). The van der Waals surface area contributed by atoms with E-state index in [2.05, 4.69) is 32.8 Å². The molecule has 0 saturated carbocycles. The predicted octanol–water partition coefficient (Wildman–Crippen LogP) is 2.15. The normalized spacial score (nSPS) is 18.5. The van der Waals surface area contributed by atoms with E-state index in [0.29, 0.717) is 6.42 Å². The Hall–Kier alpha value is -0.240. The third kappa shape index (κ3) is 4.11. The summed E-state index contributed by atoms with van der Waals surface area (Å²) in [6.45, 7) is 3.92. The van der Waals surface area contributed by atoms with Gasteiger partial charge >= 0.3 is 0 Å². The van der Waals surface area contributed by atoms with Crippen LogP contribution in [0, 0.1) is 9.39 Å². The third-order valence-electron chi connectivity index (χ3n) is 3.55. The maximum Gasteiger partial charge on any atom is 0.128 e. The topological polar surface area (TPSA) is 35.5 Å². The lowest BCUT2D eigenvalue weighted by Gasteiger charge is -2.35. The van der Waals surface area contributed by atoms with Crippen molar-refractivity contribution in [2.24, 2.45) is 0 Å². The molecule has 1 aliphatic heterocycles. The fraction of sp³-hybridized carbons (Fsp3) is 0.571. The zero-order chi connectivity index (χ0) is 13.7. The molecule has 1 aromatic rings. The Labute approximate surface area is 127 Å². The summed E-state index contributed by atoms with van der Waals surface area (Å²) in [5.41, 5.74) is 0.766. The summed E-state index contributed by atoms with van der Waals surface area (Å²) in [5.74, 6) is -0.137. The number of aliphatic hydroxyl groups excluding tert-OH is 1. The van der Waals surface area contributed by atoms with Crippen LogP contribution in [-0.2, 0) is 0 Å². The number of aliphatic hydroxyl groups is 1. The molecule has 106 valence electrons. The first kappa shape index (κ1) is 15.2. The molecule has 0 aliphatic carbocycles. The molecule has 1 fully saturated rings. The van der Waals surface area contributed by atoms with Gasteiger partial charge in [-0.2, -0.15) is 0 Å². The minimum absolute atomic E-state index is 0.0731. The molecule has 1 atom stereocenters. The van der Waals surface area contributed by atoms with Gasteiger partial charge in [0.1, 0.15) is 5.82 Å². The SMILES string of the molecule is OCCC[C@@H](c1cc(I)ccc1F)N1CCNCC1. The van der Waals surface area contributed by atoms with Crippen molar-refractivity contribution in [3.63, 3.8) is 0 Å². The molecule has 2 N–H and O–H groups in total. The van der Waals surface area contributed by atoms with E-state index >= 15 is 0 Å². The third-order valence-corrected chi connectivity index (χ3v) is 4.22. The number of nitrogens with zero attached hydrogens (tertiary/aromatic N) is 1. The molecule has 1 saturated heterocycles. The highest BCUT2D eigenvalue weighted by molar-refractivity contribution is 14.1. The lowest BCUT2D eigenvalue weighted by molar-refractivity contribution is 0.151. The van der Waals surface area contributed by atoms with Crippen molar-refractivity contribution in [2.45, 2.75) is 18.9 Å². The quantitative estimate of drug-likeness (QED) is 0.771. The molecule has 0 radical (unpaired) electrons. The van der Waals surface area contributed by atoms with Gasteiger partial charge in [-0.15, -0.1) is 0 Å². The second kappa shape index (κ2) is 7.52. The summed E-state index contributed by atoms with van der Waals surface area (Å²) in [6, 6.07) is 5.34. The number of nitrogens with one attached hydrogen (secondary N) is 1. The van der Waals surface area contributed by atoms with E-state index in [9.17, 15) is 4.39 Å². The van der Waals surface area contributed by atoms with Crippen LogP contribution in [0.15, 0.2) is 18.2 Å². The van der Waals surface area contributed by atoms with E-state index in [4.69, 9.17) is 5.11 Å². The highest BCUT2D eigenvalue weighted by atomic mass is 127. The summed E-state index contributed by atoms with van der Waals surface area (Å²) in [7, 11) is 0. The second-order valence-electron chi connectivity index (χ2n) is 4.83. The molecular weight excluding hydrogens is 358 g/mol. The largest absolute Gasteiger partial charge is 0.396 e. The van der Waals surface area contributed by atoms with Crippen LogP contribution in [0.25, 0.3) is 0 Å². The fourth-order valence-corrected chi connectivity index (χ4v) is 3.10. The summed E-state index contributed by atoms with van der Waals surface area (Å²) in [6.07, 6.45) is 1.51. The maximum absolute atomic E-state index is 14.1. The molecule has 1 aromatic carbocycles. The average molecular weight is 378 g/mol. The summed E-state index contributed by atoms with van der Waals surface area (Å²) >= 11 is 2.22. The molecule has 19 heavy (non-hydrogen) atoms. The predicted molar refractivity (Wildman–Crippen MR) is 82.6 cm³/mol. The molecule has 0 amide bonds. The first-order valence-electron chi connectivity index (χ1n) is 6.73. The van der Waals surface area contributed by atoms with E-state index < -0.39 is 0 Å². The molecule has 1 aliphatic rings. The van der Waals surface area contributed by atoms with Crippen molar-refractivity contribution < 1.29 is 9.50 Å². The van der Waals surface area contributed by atoms with Crippen molar-refractivity contribution in [1.82, 2.24) is 10.2 Å². The van der Waals surface area contributed by atoms with Crippen LogP contribution in [0.4, 0.5) is 4.39 Å². The molecule has 0 spiro atoms. The van der Waals surface area contributed by atoms with E-state index in [0.717, 1.165) is 41.7 Å². The lowest BCUT2D eigenvalue weighted by Crippen LogP contribution is -2.45. The first-order chi connectivity index (χ1) is 9.22. The van der Waals surface area contributed by atoms with Gasteiger partial charge in [-0.25, -0.2) is 4.39 Å². The number of piperazine rings is 1. The molecule has 1 heterocycles. The molecule has 0 bridgehead atoms. The van der Waals surface area contributed by atoms with E-state index in [1.54, 1.807) is 12.1 Å². The minimum atomic E-state index is -0.137. The Morgan fingerprint density at radius 1 is 1.37 bits per heavy atom. The number of hydrogen-bond acceptors (Lipinski definition) is 3. The second-order valence-corrected chi connectivity index (χ2v) is 6.08. The van der Waals surface area contributed by atoms with Crippen molar-refractivity contribution in [1.29, 1.82) is 0 Å². The molecular formula is C14H20FIN2O. The summed E-state index contributed by atoms with van der Waals surface area (Å²) < 4.78 is 15.1. The Bertz CT molecular complexity index is 410. The zero-order valence-corrected chi connectivity index (χ0v) is 13.1. The Balaban J connectivity index is 2.22. The van der Waals surface area contributed by atoms with E-state index in [-0.39, 0.29) is 18.5 Å². The number of benzene rings is 1. The smallest absolute Gasteiger partial charge is 0.128 e. The van der Waals surface area contributed by atoms with E-state index in [1.165, 1.54) is 0 Å². The number of halogens is 2. The molecule has 3 nitrogen and oxygen atoms in total. The highest BCUT2D eigenvalue weighted by Gasteiger charge is 2.24. The van der Waals surface area contributed by atoms with Crippen LogP contribution in [-0.4, -0.2) is 42.8 Å². The standard InChI is InChI=1S/C14H20FIN2O/c15-13-4-3-11(16)10-12(13)14(2-1-9-19)18-7-5-17-6-8-18/h3-4,10,14,17,19H,1-2,5-9H2/t14-/m0/s1. The fourth-order valence-electron chi connectivity index (χ4n) is 2.58. The van der Waals surface area contributed by atoms with Gasteiger partial charge < -0.3 is 10.4 Å². The number of rotatable bonds is 5. The van der Waals surface area contributed by atoms with Crippen LogP contribution in [0.5, 0.6) is 0 Å². The van der Waals surface area contributed by atoms with Crippen molar-refractivity contribution in [3.05, 3.63) is 33.1 Å². The molecule has 0 aromatic heterocycles. The van der Waals surface area contributed by atoms with Crippen LogP contribution >= 0.6 is 22.6 Å². The van der Waals surface area contributed by atoms with Crippen molar-refractivity contribution >= 4 is 22.6 Å². The maximum atomic E-state index is 14.1. The molecule has 5 heteroatoms. The Kier molecular flexibility index (Phi) is 6.00. The average Bonchev–Trinajstić information content (AvgIpc) is 2.44. The van der Waals surface area contributed by atoms with Gasteiger partial charge in [-0.1, -0.05) is 0 Å². The Morgan fingerprint density at radius 3 is 2.79 bits per heavy atom. The van der Waals surface area contributed by atoms with Gasteiger partial charge in [0.25, 0.3) is 0 Å². The van der Waals surface area contributed by atoms with Crippen LogP contribution in [0.1, 0.15) is 24.4 Å². The van der Waals surface area contributed by atoms with Gasteiger partial charge in [0.2, 0.25) is 0 Å². The zero-order valence-electron chi connectivity index (χ0n) is 10.9. The van der Waals surface area contributed by atoms with Gasteiger partial charge in [-0.05, 0) is 53.6 Å². The first-order valence-corrected chi connectivity index (χ1v) is 7.81. The van der Waals surface area contributed by atoms with Gasteiger partial charge in [0.05, 0.1) is 0 Å². The van der Waals surface area contributed by atoms with Gasteiger partial charge in [-0.3, -0.25) is 4.90 Å². The van der Waals surface area contributed by atoms with Gasteiger partial charge in [0, 0.05) is 48.0 Å². The molecule has 0 unspecified atom stereocenters. The van der Waals surface area contributed by atoms with Gasteiger partial charge in [0.15, 0.2) is 0 Å². The monoisotopic (exact) mass is 378 g/mol. The van der Waals surface area contributed by atoms with Crippen LogP contribution in [0.2, 0.25) is 0 Å². The van der Waals surface area contributed by atoms with Crippen LogP contribution in [0.3, 0.4) is 0 Å². The summed E-state index contributed by atoms with van der Waals surface area (Å²) in [5, 5.41) is 12.4. The van der Waals surface area contributed by atoms with Crippen molar-refractivity contribution in [3.8, 4) is 0 Å². The van der Waals surface area contributed by atoms with Crippen molar-refractivity contribution in [2.75, 3.05) is 32.8 Å². The van der Waals surface area contributed by atoms with E-state index in [1.807, 2.05) is 6.07 Å². The highest BCUT2D eigenvalue weighted by Crippen LogP contribution is 2.29. The Morgan fingerprint density at radius 2 is 2.11 bits per heavy atom. The lowest BCUT2D eigenvalue weighted by atomic mass is 9.99. The summed E-state index contributed by atoms with van der Waals surface area (Å²) in [4.78, 5) is 2.32.